The second-order valence-electron chi connectivity index (χ2n) is 9.91. The van der Waals surface area contributed by atoms with E-state index in [-0.39, 0.29) is 23.4 Å². The fourth-order valence-corrected chi connectivity index (χ4v) is 5.14. The van der Waals surface area contributed by atoms with Crippen molar-refractivity contribution in [3.05, 3.63) is 102 Å². The number of allylic oxidation sites excluding steroid dienone is 2. The monoisotopic (exact) mass is 438 g/mol. The van der Waals surface area contributed by atoms with Gasteiger partial charge < -0.3 is 4.74 Å². The fraction of sp³-hybridized carbons (Fsp3) is 0.323. The molecule has 0 aromatic heterocycles. The van der Waals surface area contributed by atoms with Crippen molar-refractivity contribution in [3.63, 3.8) is 0 Å². The van der Waals surface area contributed by atoms with Gasteiger partial charge in [-0.1, -0.05) is 118 Å². The summed E-state index contributed by atoms with van der Waals surface area (Å²) in [5, 5.41) is 2.51. The van der Waals surface area contributed by atoms with Gasteiger partial charge in [0, 0.05) is 12.0 Å². The van der Waals surface area contributed by atoms with Gasteiger partial charge in [0.2, 0.25) is 0 Å². The van der Waals surface area contributed by atoms with Gasteiger partial charge in [0.15, 0.2) is 0 Å². The number of ether oxygens (including phenoxy) is 1. The van der Waals surface area contributed by atoms with Crippen molar-refractivity contribution in [1.82, 2.24) is 0 Å². The van der Waals surface area contributed by atoms with E-state index in [4.69, 9.17) is 4.74 Å². The molecule has 0 aliphatic heterocycles. The van der Waals surface area contributed by atoms with Crippen LogP contribution < -0.4 is 0 Å². The van der Waals surface area contributed by atoms with Crippen LogP contribution in [0.4, 0.5) is 0 Å². The number of fused-ring (bicyclic) bond motifs is 1. The van der Waals surface area contributed by atoms with E-state index < -0.39 is 0 Å². The molecule has 2 nitrogen and oxygen atoms in total. The van der Waals surface area contributed by atoms with Crippen LogP contribution >= 0.6 is 0 Å². The van der Waals surface area contributed by atoms with Crippen LogP contribution in [0.25, 0.3) is 16.8 Å². The molecular weight excluding hydrogens is 404 g/mol. The molecule has 1 aliphatic carbocycles. The lowest BCUT2D eigenvalue weighted by atomic mass is 9.64. The van der Waals surface area contributed by atoms with Gasteiger partial charge in [-0.05, 0) is 46.1 Å². The predicted molar refractivity (Wildman–Crippen MR) is 138 cm³/mol. The highest BCUT2D eigenvalue weighted by molar-refractivity contribution is 5.83. The lowest BCUT2D eigenvalue weighted by Gasteiger charge is -2.44. The average Bonchev–Trinajstić information content (AvgIpc) is 2.82. The Balaban J connectivity index is 1.48. The molecular formula is C31H34O2. The van der Waals surface area contributed by atoms with Crippen LogP contribution in [0, 0.1) is 11.8 Å². The number of hydrogen-bond donors (Lipinski definition) is 0. The first-order valence-electron chi connectivity index (χ1n) is 12.0. The fourth-order valence-electron chi connectivity index (χ4n) is 5.14. The summed E-state index contributed by atoms with van der Waals surface area (Å²) in [6.07, 6.45) is 10.3. The molecule has 0 unspecified atom stereocenters. The van der Waals surface area contributed by atoms with E-state index in [0.29, 0.717) is 5.92 Å². The van der Waals surface area contributed by atoms with Gasteiger partial charge in [-0.15, -0.1) is 0 Å². The van der Waals surface area contributed by atoms with Crippen LogP contribution in [0.15, 0.2) is 91.0 Å². The SMILES string of the molecule is C[C@@H]1CC[C@@H](C(C)(C)c2ccc3ccccc3c2)[C@H](OC(=O)/C=C/C=C/c2ccccc2)C1. The number of hydrogen-bond acceptors (Lipinski definition) is 2. The Morgan fingerprint density at radius 2 is 1.64 bits per heavy atom. The van der Waals surface area contributed by atoms with Crippen LogP contribution in [0.3, 0.4) is 0 Å². The maximum Gasteiger partial charge on any atom is 0.331 e. The number of carbonyl (C=O) groups excluding carboxylic acids is 1. The Morgan fingerprint density at radius 3 is 2.42 bits per heavy atom. The second kappa shape index (κ2) is 10.2. The molecule has 0 N–H and O–H groups in total. The zero-order chi connectivity index (χ0) is 23.3. The standard InChI is InChI=1S/C31H34O2/c1-23-17-20-28(31(2,3)27-19-18-25-14-8-9-15-26(25)22-27)29(21-23)33-30(32)16-10-7-13-24-11-5-4-6-12-24/h4-16,18-19,22-23,28-29H,17,20-21H2,1-3H3/b13-7+,16-10+/t23-,28-,29-/m1/s1. The second-order valence-corrected chi connectivity index (χ2v) is 9.91. The molecule has 1 aliphatic rings. The van der Waals surface area contributed by atoms with E-state index in [1.165, 1.54) is 22.8 Å². The minimum atomic E-state index is -0.258. The quantitative estimate of drug-likeness (QED) is 0.223. The van der Waals surface area contributed by atoms with Crippen molar-refractivity contribution < 1.29 is 9.53 Å². The maximum atomic E-state index is 12.7. The zero-order valence-electron chi connectivity index (χ0n) is 19.9. The van der Waals surface area contributed by atoms with Crippen molar-refractivity contribution in [1.29, 1.82) is 0 Å². The van der Waals surface area contributed by atoms with Crippen LogP contribution in [-0.2, 0) is 14.9 Å². The minimum Gasteiger partial charge on any atom is -0.459 e. The van der Waals surface area contributed by atoms with Gasteiger partial charge in [0.25, 0.3) is 0 Å². The van der Waals surface area contributed by atoms with E-state index in [0.717, 1.165) is 18.4 Å². The summed E-state index contributed by atoms with van der Waals surface area (Å²) >= 11 is 0. The van der Waals surface area contributed by atoms with Crippen LogP contribution in [0.1, 0.15) is 51.2 Å². The molecule has 3 atom stereocenters. The summed E-state index contributed by atoms with van der Waals surface area (Å²) in [7, 11) is 0. The third-order valence-electron chi connectivity index (χ3n) is 7.17. The van der Waals surface area contributed by atoms with Gasteiger partial charge in [0.1, 0.15) is 6.10 Å². The van der Waals surface area contributed by atoms with E-state index in [2.05, 4.69) is 63.2 Å². The van der Waals surface area contributed by atoms with Gasteiger partial charge in [-0.2, -0.15) is 0 Å². The summed E-state index contributed by atoms with van der Waals surface area (Å²) in [4.78, 5) is 12.7. The van der Waals surface area contributed by atoms with E-state index in [1.807, 2.05) is 42.5 Å². The molecule has 3 aromatic rings. The minimum absolute atomic E-state index is 0.0783. The molecule has 1 saturated carbocycles. The number of carbonyl (C=O) groups is 1. The van der Waals surface area contributed by atoms with Gasteiger partial charge in [0.05, 0.1) is 0 Å². The number of benzene rings is 3. The maximum absolute atomic E-state index is 12.7. The topological polar surface area (TPSA) is 26.3 Å². The van der Waals surface area contributed by atoms with Crippen molar-refractivity contribution in [3.8, 4) is 0 Å². The molecule has 4 rings (SSSR count). The van der Waals surface area contributed by atoms with Crippen molar-refractivity contribution in [2.45, 2.75) is 51.6 Å². The first-order chi connectivity index (χ1) is 15.9. The summed E-state index contributed by atoms with van der Waals surface area (Å²) in [5.41, 5.74) is 2.32. The van der Waals surface area contributed by atoms with Gasteiger partial charge in [-0.25, -0.2) is 4.79 Å². The highest BCUT2D eigenvalue weighted by Gasteiger charge is 2.41. The molecule has 0 amide bonds. The normalized spacial score (nSPS) is 21.6. The lowest BCUT2D eigenvalue weighted by Crippen LogP contribution is -2.43. The predicted octanol–water partition coefficient (Wildman–Crippen LogP) is 7.74. The Labute approximate surface area is 198 Å². The van der Waals surface area contributed by atoms with Crippen molar-refractivity contribution >= 4 is 22.8 Å². The van der Waals surface area contributed by atoms with Crippen LogP contribution in [0.5, 0.6) is 0 Å². The Morgan fingerprint density at radius 1 is 0.909 bits per heavy atom. The van der Waals surface area contributed by atoms with Crippen LogP contribution in [-0.4, -0.2) is 12.1 Å². The van der Waals surface area contributed by atoms with Crippen molar-refractivity contribution in [2.75, 3.05) is 0 Å². The largest absolute Gasteiger partial charge is 0.459 e. The molecule has 0 spiro atoms. The number of esters is 1. The molecule has 3 aromatic carbocycles. The third-order valence-corrected chi connectivity index (χ3v) is 7.17. The highest BCUT2D eigenvalue weighted by Crippen LogP contribution is 2.44. The van der Waals surface area contributed by atoms with E-state index >= 15 is 0 Å². The molecule has 0 radical (unpaired) electrons. The first kappa shape index (κ1) is 23.0. The molecule has 0 bridgehead atoms. The zero-order valence-corrected chi connectivity index (χ0v) is 19.9. The Kier molecular flexibility index (Phi) is 7.13. The summed E-state index contributed by atoms with van der Waals surface area (Å²) in [5.74, 6) is 0.589. The summed E-state index contributed by atoms with van der Waals surface area (Å²) in [6.45, 7) is 6.87. The average molecular weight is 439 g/mol. The third kappa shape index (κ3) is 5.63. The van der Waals surface area contributed by atoms with E-state index in [9.17, 15) is 4.79 Å². The Hall–Kier alpha value is -3.13. The van der Waals surface area contributed by atoms with Crippen LogP contribution in [0.2, 0.25) is 0 Å². The molecule has 170 valence electrons. The summed E-state index contributed by atoms with van der Waals surface area (Å²) in [6, 6.07) is 25.3. The van der Waals surface area contributed by atoms with Crippen molar-refractivity contribution in [2.24, 2.45) is 11.8 Å². The molecule has 0 heterocycles. The molecule has 2 heteroatoms. The Bertz CT molecular complexity index is 1140. The highest BCUT2D eigenvalue weighted by atomic mass is 16.5. The van der Waals surface area contributed by atoms with Gasteiger partial charge in [-0.3, -0.25) is 0 Å². The molecule has 1 fully saturated rings. The smallest absolute Gasteiger partial charge is 0.331 e. The molecule has 33 heavy (non-hydrogen) atoms. The number of rotatable bonds is 6. The summed E-state index contributed by atoms with van der Waals surface area (Å²) < 4.78 is 6.06. The lowest BCUT2D eigenvalue weighted by molar-refractivity contribution is -0.150. The van der Waals surface area contributed by atoms with Gasteiger partial charge >= 0.3 is 5.97 Å². The van der Waals surface area contributed by atoms with E-state index in [1.54, 1.807) is 12.2 Å². The first-order valence-corrected chi connectivity index (χ1v) is 12.0. The molecule has 0 saturated heterocycles.